The zero-order valence-corrected chi connectivity index (χ0v) is 10.9. The zero-order chi connectivity index (χ0) is 13.8. The van der Waals surface area contributed by atoms with E-state index < -0.39 is 17.7 Å². The Kier molecular flexibility index (Phi) is 4.47. The van der Waals surface area contributed by atoms with Crippen LogP contribution < -0.4 is 0 Å². The first kappa shape index (κ1) is 13.9. The molecule has 0 N–H and O–H groups in total. The average molecular weight is 269 g/mol. The van der Waals surface area contributed by atoms with Crippen molar-refractivity contribution in [3.8, 4) is 0 Å². The molecule has 0 amide bonds. The number of benzene rings is 1. The highest BCUT2D eigenvalue weighted by Gasteiger charge is 2.30. The molecule has 104 valence electrons. The Morgan fingerprint density at radius 3 is 2.68 bits per heavy atom. The van der Waals surface area contributed by atoms with Gasteiger partial charge in [0, 0.05) is 12.1 Å². The van der Waals surface area contributed by atoms with Gasteiger partial charge in [-0.15, -0.1) is 0 Å². The molecule has 5 heteroatoms. The van der Waals surface area contributed by atoms with Crippen LogP contribution in [0.15, 0.2) is 18.2 Å². The van der Waals surface area contributed by atoms with Crippen LogP contribution in [0, 0.1) is 11.6 Å². The molecular weight excluding hydrogens is 252 g/mol. The molecule has 3 nitrogen and oxygen atoms in total. The molecule has 0 unspecified atom stereocenters. The van der Waals surface area contributed by atoms with Crippen LogP contribution >= 0.6 is 0 Å². The largest absolute Gasteiger partial charge is 0.468 e. The van der Waals surface area contributed by atoms with Gasteiger partial charge in [-0.3, -0.25) is 9.69 Å². The van der Waals surface area contributed by atoms with Gasteiger partial charge < -0.3 is 4.74 Å². The summed E-state index contributed by atoms with van der Waals surface area (Å²) in [4.78, 5) is 13.5. The van der Waals surface area contributed by atoms with Crippen LogP contribution in [0.25, 0.3) is 0 Å². The number of rotatable bonds is 3. The molecule has 0 aromatic heterocycles. The van der Waals surface area contributed by atoms with E-state index in [4.69, 9.17) is 4.74 Å². The van der Waals surface area contributed by atoms with Crippen molar-refractivity contribution in [1.29, 1.82) is 0 Å². The molecule has 0 radical (unpaired) electrons. The monoisotopic (exact) mass is 269 g/mol. The smallest absolute Gasteiger partial charge is 0.323 e. The maximum atomic E-state index is 13.6. The number of carbonyl (C=O) groups excluding carboxylic acids is 1. The Morgan fingerprint density at radius 2 is 2.05 bits per heavy atom. The molecular formula is C14H17F2NO2. The molecule has 1 aromatic carbocycles. The number of hydrogen-bond acceptors (Lipinski definition) is 3. The summed E-state index contributed by atoms with van der Waals surface area (Å²) in [5.74, 6) is -1.49. The Bertz CT molecular complexity index is 445. The molecule has 0 bridgehead atoms. The highest BCUT2D eigenvalue weighted by atomic mass is 19.1. The summed E-state index contributed by atoms with van der Waals surface area (Å²) in [6.07, 6.45) is 2.52. The van der Waals surface area contributed by atoms with Crippen LogP contribution in [0.3, 0.4) is 0 Å². The minimum atomic E-state index is -0.575. The lowest BCUT2D eigenvalue weighted by Gasteiger charge is -2.33. The van der Waals surface area contributed by atoms with Crippen molar-refractivity contribution in [2.24, 2.45) is 0 Å². The number of carbonyl (C=O) groups is 1. The lowest BCUT2D eigenvalue weighted by Crippen LogP contribution is -2.44. The van der Waals surface area contributed by atoms with Crippen LogP contribution in [0.5, 0.6) is 0 Å². The van der Waals surface area contributed by atoms with Gasteiger partial charge in [-0.25, -0.2) is 8.78 Å². The van der Waals surface area contributed by atoms with E-state index in [1.54, 1.807) is 4.90 Å². The van der Waals surface area contributed by atoms with Gasteiger partial charge in [0.05, 0.1) is 7.11 Å². The lowest BCUT2D eigenvalue weighted by atomic mass is 10.0. The Morgan fingerprint density at radius 1 is 1.37 bits per heavy atom. The van der Waals surface area contributed by atoms with E-state index in [0.717, 1.165) is 12.8 Å². The Hall–Kier alpha value is -1.49. The summed E-state index contributed by atoms with van der Waals surface area (Å²) in [7, 11) is 1.33. The fourth-order valence-corrected chi connectivity index (χ4v) is 2.47. The van der Waals surface area contributed by atoms with Gasteiger partial charge in [0.15, 0.2) is 0 Å². The lowest BCUT2D eigenvalue weighted by molar-refractivity contribution is -0.148. The van der Waals surface area contributed by atoms with Gasteiger partial charge in [0.2, 0.25) is 0 Å². The van der Waals surface area contributed by atoms with E-state index in [0.29, 0.717) is 13.0 Å². The van der Waals surface area contributed by atoms with E-state index in [1.807, 2.05) is 0 Å². The number of piperidine rings is 1. The second kappa shape index (κ2) is 6.10. The van der Waals surface area contributed by atoms with Gasteiger partial charge in [-0.2, -0.15) is 0 Å². The number of halogens is 2. The SMILES string of the molecule is COC(=O)[C@H]1CCCCN1Cc1c(F)cccc1F. The van der Waals surface area contributed by atoms with Gasteiger partial charge in [-0.05, 0) is 31.5 Å². The maximum absolute atomic E-state index is 13.6. The topological polar surface area (TPSA) is 29.5 Å². The fraction of sp³-hybridized carbons (Fsp3) is 0.500. The first-order chi connectivity index (χ1) is 9.13. The molecule has 1 atom stereocenters. The van der Waals surface area contributed by atoms with Gasteiger partial charge in [0.25, 0.3) is 0 Å². The predicted octanol–water partition coefficient (Wildman–Crippen LogP) is 2.49. The van der Waals surface area contributed by atoms with Crippen LogP contribution in [0.2, 0.25) is 0 Å². The normalized spacial score (nSPS) is 20.3. The zero-order valence-electron chi connectivity index (χ0n) is 10.9. The molecule has 19 heavy (non-hydrogen) atoms. The maximum Gasteiger partial charge on any atom is 0.323 e. The third-order valence-corrected chi connectivity index (χ3v) is 3.51. The van der Waals surface area contributed by atoms with Gasteiger partial charge >= 0.3 is 5.97 Å². The number of esters is 1. The Balaban J connectivity index is 2.18. The highest BCUT2D eigenvalue weighted by Crippen LogP contribution is 2.23. The number of nitrogens with zero attached hydrogens (tertiary/aromatic N) is 1. The summed E-state index contributed by atoms with van der Waals surface area (Å²) in [5, 5.41) is 0. The molecule has 1 aliphatic rings. The average Bonchev–Trinajstić information content (AvgIpc) is 2.42. The molecule has 1 aromatic rings. The van der Waals surface area contributed by atoms with Gasteiger partial charge in [0.1, 0.15) is 17.7 Å². The van der Waals surface area contributed by atoms with E-state index in [-0.39, 0.29) is 18.1 Å². The Labute approximate surface area is 111 Å². The number of methoxy groups -OCH3 is 1. The predicted molar refractivity (Wildman–Crippen MR) is 66.4 cm³/mol. The molecule has 0 spiro atoms. The summed E-state index contributed by atoms with van der Waals surface area (Å²) in [6, 6.07) is 3.39. The number of likely N-dealkylation sites (tertiary alicyclic amines) is 1. The first-order valence-corrected chi connectivity index (χ1v) is 6.38. The van der Waals surface area contributed by atoms with Crippen molar-refractivity contribution in [1.82, 2.24) is 4.90 Å². The molecule has 2 rings (SSSR count). The van der Waals surface area contributed by atoms with Crippen molar-refractivity contribution in [3.63, 3.8) is 0 Å². The molecule has 1 saturated heterocycles. The van der Waals surface area contributed by atoms with E-state index in [1.165, 1.54) is 25.3 Å². The van der Waals surface area contributed by atoms with E-state index >= 15 is 0 Å². The third-order valence-electron chi connectivity index (χ3n) is 3.51. The summed E-state index contributed by atoms with van der Waals surface area (Å²) >= 11 is 0. The van der Waals surface area contributed by atoms with Crippen molar-refractivity contribution >= 4 is 5.97 Å². The van der Waals surface area contributed by atoms with Crippen LogP contribution in [0.4, 0.5) is 8.78 Å². The van der Waals surface area contributed by atoms with E-state index in [9.17, 15) is 13.6 Å². The minimum Gasteiger partial charge on any atom is -0.468 e. The van der Waals surface area contributed by atoms with Crippen molar-refractivity contribution in [2.75, 3.05) is 13.7 Å². The molecule has 1 fully saturated rings. The second-order valence-electron chi connectivity index (χ2n) is 4.71. The van der Waals surface area contributed by atoms with Crippen molar-refractivity contribution in [3.05, 3.63) is 35.4 Å². The summed E-state index contributed by atoms with van der Waals surface area (Å²) in [5.41, 5.74) is 0.0123. The minimum absolute atomic E-state index is 0.0123. The first-order valence-electron chi connectivity index (χ1n) is 6.38. The molecule has 0 saturated carbocycles. The quantitative estimate of drug-likeness (QED) is 0.790. The molecule has 1 heterocycles. The summed E-state index contributed by atoms with van der Waals surface area (Å²) in [6.45, 7) is 0.742. The summed E-state index contributed by atoms with van der Waals surface area (Å²) < 4.78 is 32.0. The van der Waals surface area contributed by atoms with Crippen molar-refractivity contribution in [2.45, 2.75) is 31.8 Å². The van der Waals surface area contributed by atoms with Crippen LogP contribution in [0.1, 0.15) is 24.8 Å². The fourth-order valence-electron chi connectivity index (χ4n) is 2.47. The standard InChI is InChI=1S/C14H17F2NO2/c1-19-14(18)13-7-2-3-8-17(13)9-10-11(15)5-4-6-12(10)16/h4-6,13H,2-3,7-9H2,1H3/t13-/m1/s1. The van der Waals surface area contributed by atoms with Gasteiger partial charge in [-0.1, -0.05) is 12.5 Å². The van der Waals surface area contributed by atoms with Crippen LogP contribution in [-0.2, 0) is 16.1 Å². The third kappa shape index (κ3) is 3.10. The second-order valence-corrected chi connectivity index (χ2v) is 4.71. The molecule has 0 aliphatic carbocycles. The van der Waals surface area contributed by atoms with E-state index in [2.05, 4.69) is 0 Å². The molecule has 1 aliphatic heterocycles. The number of ether oxygens (including phenoxy) is 1. The highest BCUT2D eigenvalue weighted by molar-refractivity contribution is 5.75. The van der Waals surface area contributed by atoms with Crippen LogP contribution in [-0.4, -0.2) is 30.6 Å². The van der Waals surface area contributed by atoms with Crippen molar-refractivity contribution < 1.29 is 18.3 Å². The number of hydrogen-bond donors (Lipinski definition) is 0.